The molecule has 0 aromatic carbocycles. The first-order chi connectivity index (χ1) is 9.10. The van der Waals surface area contributed by atoms with E-state index in [1.54, 1.807) is 0 Å². The van der Waals surface area contributed by atoms with E-state index in [2.05, 4.69) is 17.1 Å². The van der Waals surface area contributed by atoms with Crippen LogP contribution in [-0.2, 0) is 9.59 Å². The van der Waals surface area contributed by atoms with Crippen LogP contribution in [0.1, 0.15) is 26.2 Å². The van der Waals surface area contributed by atoms with Crippen LogP contribution < -0.4 is 5.32 Å². The summed E-state index contributed by atoms with van der Waals surface area (Å²) >= 11 is 0. The number of nitrogens with one attached hydrogen (secondary N) is 1. The van der Waals surface area contributed by atoms with Gasteiger partial charge in [0.25, 0.3) is 0 Å². The monoisotopic (exact) mass is 267 g/mol. The van der Waals surface area contributed by atoms with Crippen LogP contribution in [0.4, 0.5) is 0 Å². The van der Waals surface area contributed by atoms with Crippen LogP contribution in [0.15, 0.2) is 0 Å². The van der Waals surface area contributed by atoms with Crippen LogP contribution in [0.3, 0.4) is 0 Å². The molecule has 1 saturated carbocycles. The molecule has 1 heterocycles. The van der Waals surface area contributed by atoms with E-state index in [1.807, 2.05) is 11.9 Å². The second-order valence-corrected chi connectivity index (χ2v) is 5.83. The van der Waals surface area contributed by atoms with Gasteiger partial charge in [0, 0.05) is 32.6 Å². The molecule has 5 nitrogen and oxygen atoms in total. The average Bonchev–Trinajstić information content (AvgIpc) is 3.13. The molecule has 1 unspecified atom stereocenters. The Kier molecular flexibility index (Phi) is 4.80. The van der Waals surface area contributed by atoms with Crippen molar-refractivity contribution in [1.29, 1.82) is 0 Å². The number of carbonyl (C=O) groups excluding carboxylic acids is 2. The van der Waals surface area contributed by atoms with Crippen molar-refractivity contribution in [2.45, 2.75) is 26.2 Å². The highest BCUT2D eigenvalue weighted by molar-refractivity contribution is 5.89. The molecule has 5 heteroatoms. The summed E-state index contributed by atoms with van der Waals surface area (Å²) in [6.45, 7) is 6.07. The molecule has 1 atom stereocenters. The van der Waals surface area contributed by atoms with Crippen molar-refractivity contribution in [2.24, 2.45) is 11.8 Å². The second-order valence-electron chi connectivity index (χ2n) is 5.83. The third kappa shape index (κ3) is 4.20. The first-order valence-electron chi connectivity index (χ1n) is 7.34. The highest BCUT2D eigenvalue weighted by Crippen LogP contribution is 2.31. The Morgan fingerprint density at radius 2 is 2.21 bits per heavy atom. The van der Waals surface area contributed by atoms with Crippen LogP contribution in [0.25, 0.3) is 0 Å². The summed E-state index contributed by atoms with van der Waals surface area (Å²) < 4.78 is 0. The van der Waals surface area contributed by atoms with Gasteiger partial charge in [-0.2, -0.15) is 0 Å². The number of amides is 2. The highest BCUT2D eigenvalue weighted by Gasteiger charge is 2.36. The number of likely N-dealkylation sites (tertiary alicyclic amines) is 1. The van der Waals surface area contributed by atoms with Gasteiger partial charge in [-0.25, -0.2) is 0 Å². The summed E-state index contributed by atoms with van der Waals surface area (Å²) in [5.74, 6) is 0.746. The quantitative estimate of drug-likeness (QED) is 0.722. The number of nitrogens with zero attached hydrogens (tertiary/aromatic N) is 2. The van der Waals surface area contributed by atoms with Gasteiger partial charge in [0.05, 0.1) is 5.92 Å². The summed E-state index contributed by atoms with van der Waals surface area (Å²) in [6, 6.07) is 0. The fourth-order valence-electron chi connectivity index (χ4n) is 2.41. The molecule has 1 aliphatic carbocycles. The first-order valence-corrected chi connectivity index (χ1v) is 7.34. The number of hydrogen-bond donors (Lipinski definition) is 1. The van der Waals surface area contributed by atoms with Gasteiger partial charge in [-0.05, 0) is 32.4 Å². The predicted molar refractivity (Wildman–Crippen MR) is 73.6 cm³/mol. The van der Waals surface area contributed by atoms with Crippen LogP contribution in [0, 0.1) is 11.8 Å². The van der Waals surface area contributed by atoms with E-state index >= 15 is 0 Å². The predicted octanol–water partition coefficient (Wildman–Crippen LogP) is 0.313. The summed E-state index contributed by atoms with van der Waals surface area (Å²) in [7, 11) is 2.03. The molecule has 0 bridgehead atoms. The van der Waals surface area contributed by atoms with Gasteiger partial charge in [0.15, 0.2) is 0 Å². The minimum atomic E-state index is -0.141. The minimum Gasteiger partial charge on any atom is -0.355 e. The maximum Gasteiger partial charge on any atom is 0.225 e. The van der Waals surface area contributed by atoms with Crippen molar-refractivity contribution >= 4 is 11.8 Å². The van der Waals surface area contributed by atoms with Gasteiger partial charge in [0.2, 0.25) is 11.8 Å². The van der Waals surface area contributed by atoms with Gasteiger partial charge >= 0.3 is 0 Å². The van der Waals surface area contributed by atoms with E-state index < -0.39 is 0 Å². The Hall–Kier alpha value is -1.10. The molecular formula is C14H25N3O2. The normalized spacial score (nSPS) is 23.2. The number of rotatable bonds is 7. The fourth-order valence-corrected chi connectivity index (χ4v) is 2.41. The Bertz CT molecular complexity index is 342. The van der Waals surface area contributed by atoms with Gasteiger partial charge in [-0.1, -0.05) is 6.92 Å². The van der Waals surface area contributed by atoms with Crippen molar-refractivity contribution in [1.82, 2.24) is 15.1 Å². The van der Waals surface area contributed by atoms with Crippen LogP contribution >= 0.6 is 0 Å². The molecule has 2 fully saturated rings. The van der Waals surface area contributed by atoms with E-state index in [1.165, 1.54) is 12.8 Å². The Balaban J connectivity index is 1.69. The van der Waals surface area contributed by atoms with E-state index in [4.69, 9.17) is 0 Å². The van der Waals surface area contributed by atoms with Gasteiger partial charge in [-0.3, -0.25) is 9.59 Å². The topological polar surface area (TPSA) is 52.7 Å². The van der Waals surface area contributed by atoms with Gasteiger partial charge in [0.1, 0.15) is 0 Å². The zero-order chi connectivity index (χ0) is 13.8. The second kappa shape index (κ2) is 6.37. The van der Waals surface area contributed by atoms with Gasteiger partial charge < -0.3 is 15.1 Å². The van der Waals surface area contributed by atoms with Crippen molar-refractivity contribution in [3.8, 4) is 0 Å². The summed E-state index contributed by atoms with van der Waals surface area (Å²) in [5, 5.41) is 2.94. The van der Waals surface area contributed by atoms with E-state index in [0.29, 0.717) is 25.4 Å². The smallest absolute Gasteiger partial charge is 0.225 e. The molecule has 1 N–H and O–H groups in total. The fraction of sp³-hybridized carbons (Fsp3) is 0.857. The average molecular weight is 267 g/mol. The van der Waals surface area contributed by atoms with Crippen LogP contribution in [0.2, 0.25) is 0 Å². The highest BCUT2D eigenvalue weighted by atomic mass is 16.2. The third-order valence-electron chi connectivity index (χ3n) is 4.09. The summed E-state index contributed by atoms with van der Waals surface area (Å²) in [4.78, 5) is 27.8. The maximum absolute atomic E-state index is 12.0. The molecule has 2 rings (SSSR count). The minimum absolute atomic E-state index is 0.0381. The maximum atomic E-state index is 12.0. The zero-order valence-electron chi connectivity index (χ0n) is 12.0. The van der Waals surface area contributed by atoms with Crippen molar-refractivity contribution < 1.29 is 9.59 Å². The molecule has 19 heavy (non-hydrogen) atoms. The lowest BCUT2D eigenvalue weighted by Crippen LogP contribution is -2.37. The lowest BCUT2D eigenvalue weighted by molar-refractivity contribution is -0.129. The Morgan fingerprint density at radius 3 is 2.84 bits per heavy atom. The van der Waals surface area contributed by atoms with E-state index in [-0.39, 0.29) is 17.7 Å². The molecular weight excluding hydrogens is 242 g/mol. The van der Waals surface area contributed by atoms with Crippen molar-refractivity contribution in [3.63, 3.8) is 0 Å². The van der Waals surface area contributed by atoms with E-state index in [0.717, 1.165) is 19.6 Å². The first kappa shape index (κ1) is 14.3. The molecule has 0 spiro atoms. The molecule has 1 saturated heterocycles. The Labute approximate surface area is 115 Å². The molecule has 1 aliphatic heterocycles. The molecule has 0 aromatic rings. The third-order valence-corrected chi connectivity index (χ3v) is 4.09. The zero-order valence-corrected chi connectivity index (χ0v) is 12.0. The molecule has 0 radical (unpaired) electrons. The van der Waals surface area contributed by atoms with E-state index in [9.17, 15) is 9.59 Å². The Morgan fingerprint density at radius 1 is 1.47 bits per heavy atom. The van der Waals surface area contributed by atoms with Crippen LogP contribution in [-0.4, -0.2) is 61.4 Å². The molecule has 0 aromatic heterocycles. The SMILES string of the molecule is CCN(C)CCNC(=O)C1CC(=O)N(CC2CC2)C1. The van der Waals surface area contributed by atoms with Crippen molar-refractivity contribution in [3.05, 3.63) is 0 Å². The lowest BCUT2D eigenvalue weighted by Gasteiger charge is -2.17. The molecule has 2 aliphatic rings. The molecule has 108 valence electrons. The van der Waals surface area contributed by atoms with Crippen LogP contribution in [0.5, 0.6) is 0 Å². The summed E-state index contributed by atoms with van der Waals surface area (Å²) in [6.07, 6.45) is 2.87. The number of hydrogen-bond acceptors (Lipinski definition) is 3. The van der Waals surface area contributed by atoms with Gasteiger partial charge in [-0.15, -0.1) is 0 Å². The lowest BCUT2D eigenvalue weighted by atomic mass is 10.1. The standard InChI is InChI=1S/C14H25N3O2/c1-3-16(2)7-6-15-14(19)12-8-13(18)17(10-12)9-11-4-5-11/h11-12H,3-10H2,1-2H3,(H,15,19). The summed E-state index contributed by atoms with van der Waals surface area (Å²) in [5.41, 5.74) is 0. The molecule has 2 amide bonds. The largest absolute Gasteiger partial charge is 0.355 e. The van der Waals surface area contributed by atoms with Crippen molar-refractivity contribution in [2.75, 3.05) is 39.8 Å². The number of likely N-dealkylation sites (N-methyl/N-ethyl adjacent to an activating group) is 1. The number of carbonyl (C=O) groups is 2.